The van der Waals surface area contributed by atoms with Crippen LogP contribution in [0.15, 0.2) is 60.7 Å². The highest BCUT2D eigenvalue weighted by Gasteiger charge is 2.16. The molecule has 0 amide bonds. The topological polar surface area (TPSA) is 61.8 Å². The maximum Gasteiger partial charge on any atom is 0.338 e. The lowest BCUT2D eigenvalue weighted by atomic mass is 10.1. The van der Waals surface area contributed by atoms with Gasteiger partial charge in [-0.1, -0.05) is 30.3 Å². The molecular formula is C22H18O5. The van der Waals surface area contributed by atoms with Crippen molar-refractivity contribution in [1.29, 1.82) is 0 Å². The van der Waals surface area contributed by atoms with E-state index >= 15 is 0 Å². The summed E-state index contributed by atoms with van der Waals surface area (Å²) < 4.78 is 16.3. The van der Waals surface area contributed by atoms with Crippen LogP contribution in [0.5, 0.6) is 11.5 Å². The largest absolute Gasteiger partial charge is 0.490 e. The molecule has 0 saturated heterocycles. The molecule has 0 aliphatic carbocycles. The molecule has 1 aliphatic rings. The fraction of sp³-hybridized carbons (Fsp3) is 0.182. The van der Waals surface area contributed by atoms with Crippen LogP contribution in [0.25, 0.3) is 10.8 Å². The molecule has 5 heteroatoms. The molecule has 0 radical (unpaired) electrons. The van der Waals surface area contributed by atoms with Crippen LogP contribution >= 0.6 is 0 Å². The summed E-state index contributed by atoms with van der Waals surface area (Å²) in [6.07, 6.45) is 0.793. The Morgan fingerprint density at radius 3 is 2.41 bits per heavy atom. The molecule has 0 aromatic heterocycles. The highest BCUT2D eigenvalue weighted by atomic mass is 16.5. The van der Waals surface area contributed by atoms with E-state index in [1.807, 2.05) is 30.3 Å². The van der Waals surface area contributed by atoms with Crippen molar-refractivity contribution in [2.24, 2.45) is 0 Å². The smallest absolute Gasteiger partial charge is 0.338 e. The van der Waals surface area contributed by atoms with E-state index in [0.29, 0.717) is 35.8 Å². The second-order valence-electron chi connectivity index (χ2n) is 6.27. The zero-order valence-electron chi connectivity index (χ0n) is 14.6. The summed E-state index contributed by atoms with van der Waals surface area (Å²) in [5.41, 5.74) is 0.839. The van der Waals surface area contributed by atoms with Gasteiger partial charge in [0.2, 0.25) is 0 Å². The van der Waals surface area contributed by atoms with Crippen molar-refractivity contribution in [3.63, 3.8) is 0 Å². The Morgan fingerprint density at radius 2 is 1.56 bits per heavy atom. The zero-order chi connectivity index (χ0) is 18.6. The maximum atomic E-state index is 12.4. The highest BCUT2D eigenvalue weighted by molar-refractivity contribution is 6.00. The third-order valence-corrected chi connectivity index (χ3v) is 4.39. The first-order chi connectivity index (χ1) is 13.2. The first-order valence-electron chi connectivity index (χ1n) is 8.79. The Kier molecular flexibility index (Phi) is 4.75. The van der Waals surface area contributed by atoms with Gasteiger partial charge in [-0.3, -0.25) is 4.79 Å². The van der Waals surface area contributed by atoms with Crippen molar-refractivity contribution < 1.29 is 23.8 Å². The van der Waals surface area contributed by atoms with Crippen molar-refractivity contribution in [3.8, 4) is 11.5 Å². The second kappa shape index (κ2) is 7.50. The van der Waals surface area contributed by atoms with Crippen molar-refractivity contribution in [2.75, 3.05) is 19.8 Å². The number of esters is 1. The SMILES string of the molecule is O=C(COC(=O)c1ccc2ccccc2c1)c1ccc2c(c1)OCCCO2. The van der Waals surface area contributed by atoms with Crippen LogP contribution in [0.1, 0.15) is 27.1 Å². The van der Waals surface area contributed by atoms with E-state index < -0.39 is 5.97 Å². The van der Waals surface area contributed by atoms with Crippen molar-refractivity contribution >= 4 is 22.5 Å². The number of carbonyl (C=O) groups excluding carboxylic acids is 2. The Labute approximate surface area is 156 Å². The van der Waals surface area contributed by atoms with E-state index in [1.165, 1.54) is 0 Å². The summed E-state index contributed by atoms with van der Waals surface area (Å²) in [4.78, 5) is 24.7. The van der Waals surface area contributed by atoms with Gasteiger partial charge in [0.25, 0.3) is 0 Å². The average molecular weight is 362 g/mol. The first kappa shape index (κ1) is 17.1. The zero-order valence-corrected chi connectivity index (χ0v) is 14.6. The molecule has 27 heavy (non-hydrogen) atoms. The lowest BCUT2D eigenvalue weighted by molar-refractivity contribution is 0.0475. The molecule has 5 nitrogen and oxygen atoms in total. The van der Waals surface area contributed by atoms with Gasteiger partial charge in [0.05, 0.1) is 18.8 Å². The van der Waals surface area contributed by atoms with E-state index in [-0.39, 0.29) is 12.4 Å². The Morgan fingerprint density at radius 1 is 0.815 bits per heavy atom. The van der Waals surface area contributed by atoms with Crippen molar-refractivity contribution in [1.82, 2.24) is 0 Å². The first-order valence-corrected chi connectivity index (χ1v) is 8.79. The van der Waals surface area contributed by atoms with E-state index in [9.17, 15) is 9.59 Å². The second-order valence-corrected chi connectivity index (χ2v) is 6.27. The number of Topliss-reactive ketones (excluding diaryl/α,β-unsaturated/α-hetero) is 1. The molecule has 0 atom stereocenters. The van der Waals surface area contributed by atoms with Crippen LogP contribution < -0.4 is 9.47 Å². The molecule has 0 spiro atoms. The molecule has 0 unspecified atom stereocenters. The number of fused-ring (bicyclic) bond motifs is 2. The molecule has 3 aromatic rings. The molecule has 4 rings (SSSR count). The van der Waals surface area contributed by atoms with Gasteiger partial charge in [0.1, 0.15) is 0 Å². The molecule has 1 heterocycles. The van der Waals surface area contributed by atoms with Crippen LogP contribution in [-0.2, 0) is 4.74 Å². The van der Waals surface area contributed by atoms with Gasteiger partial charge in [0.15, 0.2) is 23.9 Å². The van der Waals surface area contributed by atoms with Gasteiger partial charge in [-0.2, -0.15) is 0 Å². The monoisotopic (exact) mass is 362 g/mol. The minimum Gasteiger partial charge on any atom is -0.490 e. The quantitative estimate of drug-likeness (QED) is 0.518. The Bertz CT molecular complexity index is 1010. The Balaban J connectivity index is 1.43. The summed E-state index contributed by atoms with van der Waals surface area (Å²) in [6.45, 7) is 0.802. The van der Waals surface area contributed by atoms with Crippen LogP contribution in [0.4, 0.5) is 0 Å². The van der Waals surface area contributed by atoms with E-state index in [1.54, 1.807) is 30.3 Å². The van der Waals surface area contributed by atoms with Crippen LogP contribution in [0.3, 0.4) is 0 Å². The molecule has 0 fully saturated rings. The molecule has 0 bridgehead atoms. The molecule has 0 saturated carbocycles. The van der Waals surface area contributed by atoms with Crippen molar-refractivity contribution in [3.05, 3.63) is 71.8 Å². The van der Waals surface area contributed by atoms with Gasteiger partial charge < -0.3 is 14.2 Å². The predicted molar refractivity (Wildman–Crippen MR) is 101 cm³/mol. The third-order valence-electron chi connectivity index (χ3n) is 4.39. The number of carbonyl (C=O) groups is 2. The number of ether oxygens (including phenoxy) is 3. The molecule has 0 N–H and O–H groups in total. The van der Waals surface area contributed by atoms with Gasteiger partial charge >= 0.3 is 5.97 Å². The normalized spacial score (nSPS) is 13.0. The van der Waals surface area contributed by atoms with E-state index in [0.717, 1.165) is 17.2 Å². The average Bonchev–Trinajstić information content (AvgIpc) is 2.96. The summed E-state index contributed by atoms with van der Waals surface area (Å²) in [5, 5.41) is 1.98. The number of benzene rings is 3. The summed E-state index contributed by atoms with van der Waals surface area (Å²) in [6, 6.07) is 18.0. The van der Waals surface area contributed by atoms with E-state index in [2.05, 4.69) is 0 Å². The molecular weight excluding hydrogens is 344 g/mol. The third kappa shape index (κ3) is 3.77. The van der Waals surface area contributed by atoms with Gasteiger partial charge in [-0.25, -0.2) is 4.79 Å². The number of hydrogen-bond donors (Lipinski definition) is 0. The van der Waals surface area contributed by atoms with Gasteiger partial charge in [-0.05, 0) is 41.1 Å². The number of ketones is 1. The minimum absolute atomic E-state index is 0.292. The maximum absolute atomic E-state index is 12.4. The fourth-order valence-electron chi connectivity index (χ4n) is 2.95. The Hall–Kier alpha value is -3.34. The van der Waals surface area contributed by atoms with Gasteiger partial charge in [0, 0.05) is 12.0 Å². The van der Waals surface area contributed by atoms with Crippen LogP contribution in [-0.4, -0.2) is 31.6 Å². The number of hydrogen-bond acceptors (Lipinski definition) is 5. The fourth-order valence-corrected chi connectivity index (χ4v) is 2.95. The van der Waals surface area contributed by atoms with E-state index in [4.69, 9.17) is 14.2 Å². The minimum atomic E-state index is -0.525. The predicted octanol–water partition coefficient (Wildman–Crippen LogP) is 4.04. The van der Waals surface area contributed by atoms with Crippen LogP contribution in [0, 0.1) is 0 Å². The summed E-state index contributed by atoms with van der Waals surface area (Å²) >= 11 is 0. The standard InChI is InChI=1S/C22H18O5/c23-19(17-8-9-20-21(13-17)26-11-3-10-25-20)14-27-22(24)18-7-6-15-4-1-2-5-16(15)12-18/h1-2,4-9,12-13H,3,10-11,14H2. The molecule has 136 valence electrons. The summed E-state index contributed by atoms with van der Waals surface area (Å²) in [7, 11) is 0. The lowest BCUT2D eigenvalue weighted by Gasteiger charge is -2.09. The highest BCUT2D eigenvalue weighted by Crippen LogP contribution is 2.30. The molecule has 1 aliphatic heterocycles. The summed E-state index contributed by atoms with van der Waals surface area (Å²) in [5.74, 6) is 0.347. The van der Waals surface area contributed by atoms with Crippen molar-refractivity contribution in [2.45, 2.75) is 6.42 Å². The molecule has 3 aromatic carbocycles. The van der Waals surface area contributed by atoms with Gasteiger partial charge in [-0.15, -0.1) is 0 Å². The lowest BCUT2D eigenvalue weighted by Crippen LogP contribution is -2.14. The van der Waals surface area contributed by atoms with Crippen LogP contribution in [0.2, 0.25) is 0 Å². The number of rotatable bonds is 4.